The van der Waals surface area contributed by atoms with Crippen LogP contribution in [0.1, 0.15) is 73.6 Å². The summed E-state index contributed by atoms with van der Waals surface area (Å²) in [7, 11) is 0. The molecular weight excluding hydrogens is 343 g/mol. The minimum Gasteiger partial charge on any atom is -0.465 e. The van der Waals surface area contributed by atoms with Gasteiger partial charge in [-0.15, -0.1) is 0 Å². The Labute approximate surface area is 147 Å². The molecule has 0 N–H and O–H groups in total. The van der Waals surface area contributed by atoms with Crippen molar-refractivity contribution in [1.29, 1.82) is 0 Å². The number of halogens is 5. The average molecular weight is 374 g/mol. The van der Waals surface area contributed by atoms with E-state index in [0.717, 1.165) is 12.8 Å². The van der Waals surface area contributed by atoms with Gasteiger partial charge in [0.1, 0.15) is 0 Å². The second-order valence-electron chi connectivity index (χ2n) is 8.09. The van der Waals surface area contributed by atoms with Crippen LogP contribution in [-0.2, 0) is 9.53 Å². The first kappa shape index (κ1) is 24.1. The molecule has 0 fully saturated rings. The van der Waals surface area contributed by atoms with Crippen LogP contribution < -0.4 is 0 Å². The number of rotatable bonds is 10. The molecule has 0 saturated heterocycles. The van der Waals surface area contributed by atoms with E-state index >= 15 is 0 Å². The van der Waals surface area contributed by atoms with E-state index in [4.69, 9.17) is 4.74 Å². The van der Waals surface area contributed by atoms with Gasteiger partial charge in [0.15, 0.2) is 0 Å². The summed E-state index contributed by atoms with van der Waals surface area (Å²) in [6, 6.07) is 0. The molecule has 0 aromatic heterocycles. The minimum atomic E-state index is -5.57. The van der Waals surface area contributed by atoms with Crippen molar-refractivity contribution in [2.45, 2.75) is 85.7 Å². The van der Waals surface area contributed by atoms with E-state index in [9.17, 15) is 26.7 Å². The number of hydrogen-bond acceptors (Lipinski definition) is 2. The molecule has 0 radical (unpaired) electrons. The third-order valence-electron chi connectivity index (χ3n) is 5.15. The molecule has 7 heteroatoms. The van der Waals surface area contributed by atoms with Gasteiger partial charge in [-0.2, -0.15) is 22.0 Å². The molecule has 0 bridgehead atoms. The lowest BCUT2D eigenvalue weighted by Crippen LogP contribution is -2.37. The Kier molecular flexibility index (Phi) is 8.37. The zero-order chi connectivity index (χ0) is 20.1. The molecule has 0 heterocycles. The van der Waals surface area contributed by atoms with Crippen LogP contribution in [0.25, 0.3) is 0 Å². The molecular formula is C18H31F5O2. The predicted molar refractivity (Wildman–Crippen MR) is 87.4 cm³/mol. The second-order valence-corrected chi connectivity index (χ2v) is 8.09. The van der Waals surface area contributed by atoms with Crippen LogP contribution in [0.15, 0.2) is 0 Å². The molecule has 150 valence electrons. The first-order valence-corrected chi connectivity index (χ1v) is 8.71. The van der Waals surface area contributed by atoms with Crippen molar-refractivity contribution in [3.8, 4) is 0 Å². The van der Waals surface area contributed by atoms with Gasteiger partial charge in [-0.25, -0.2) is 0 Å². The predicted octanol–water partition coefficient (Wildman–Crippen LogP) is 6.39. The summed E-state index contributed by atoms with van der Waals surface area (Å²) in [6.07, 6.45) is -5.34. The number of ether oxygens (including phenoxy) is 1. The Bertz CT molecular complexity index is 428. The molecule has 0 saturated carbocycles. The fraction of sp³-hybridized carbons (Fsp3) is 0.944. The number of carbonyl (C=O) groups is 1. The molecule has 0 aliphatic rings. The lowest BCUT2D eigenvalue weighted by molar-refractivity contribution is -0.285. The summed E-state index contributed by atoms with van der Waals surface area (Å²) in [4.78, 5) is 12.4. The fourth-order valence-electron chi connectivity index (χ4n) is 2.33. The zero-order valence-corrected chi connectivity index (χ0v) is 16.0. The van der Waals surface area contributed by atoms with Crippen LogP contribution in [0, 0.1) is 16.7 Å². The summed E-state index contributed by atoms with van der Waals surface area (Å²) < 4.78 is 67.1. The van der Waals surface area contributed by atoms with E-state index in [0.29, 0.717) is 6.42 Å². The topological polar surface area (TPSA) is 26.3 Å². The maximum absolute atomic E-state index is 12.9. The Morgan fingerprint density at radius 2 is 1.48 bits per heavy atom. The molecule has 0 spiro atoms. The highest BCUT2D eigenvalue weighted by atomic mass is 19.4. The molecule has 0 aliphatic carbocycles. The van der Waals surface area contributed by atoms with Crippen molar-refractivity contribution in [1.82, 2.24) is 0 Å². The normalized spacial score (nSPS) is 15.2. The Hall–Kier alpha value is -0.880. The first-order valence-electron chi connectivity index (χ1n) is 8.71. The fourth-order valence-corrected chi connectivity index (χ4v) is 2.33. The van der Waals surface area contributed by atoms with Gasteiger partial charge >= 0.3 is 18.1 Å². The largest absolute Gasteiger partial charge is 0.465 e. The van der Waals surface area contributed by atoms with E-state index in [2.05, 4.69) is 0 Å². The van der Waals surface area contributed by atoms with Crippen LogP contribution in [0.2, 0.25) is 0 Å². The molecule has 0 aliphatic heterocycles. The smallest absolute Gasteiger partial charge is 0.453 e. The van der Waals surface area contributed by atoms with E-state index in [1.165, 1.54) is 0 Å². The van der Waals surface area contributed by atoms with E-state index in [1.807, 2.05) is 41.5 Å². The van der Waals surface area contributed by atoms with Gasteiger partial charge in [0.2, 0.25) is 0 Å². The SMILES string of the molecule is CCC(C)(C)CC(C(=O)OCCCC(F)(F)C(F)(F)F)C(C)(C)CC. The molecule has 1 atom stereocenters. The van der Waals surface area contributed by atoms with Crippen molar-refractivity contribution in [2.75, 3.05) is 6.61 Å². The summed E-state index contributed by atoms with van der Waals surface area (Å²) in [6.45, 7) is 11.5. The van der Waals surface area contributed by atoms with Gasteiger partial charge < -0.3 is 4.74 Å². The van der Waals surface area contributed by atoms with E-state index in [1.54, 1.807) is 0 Å². The number of esters is 1. The summed E-state index contributed by atoms with van der Waals surface area (Å²) in [5.41, 5.74) is -0.446. The maximum Gasteiger partial charge on any atom is 0.453 e. The molecule has 0 rings (SSSR count). The van der Waals surface area contributed by atoms with Crippen molar-refractivity contribution < 1.29 is 31.5 Å². The molecule has 1 unspecified atom stereocenters. The van der Waals surface area contributed by atoms with Gasteiger partial charge in [-0.3, -0.25) is 4.79 Å². The molecule has 0 amide bonds. The van der Waals surface area contributed by atoms with Crippen LogP contribution in [-0.4, -0.2) is 24.7 Å². The van der Waals surface area contributed by atoms with Gasteiger partial charge in [0.05, 0.1) is 12.5 Å². The second kappa shape index (κ2) is 8.67. The maximum atomic E-state index is 12.9. The highest BCUT2D eigenvalue weighted by molar-refractivity contribution is 5.73. The lowest BCUT2D eigenvalue weighted by Gasteiger charge is -2.37. The van der Waals surface area contributed by atoms with E-state index in [-0.39, 0.29) is 10.8 Å². The Morgan fingerprint density at radius 3 is 1.88 bits per heavy atom. The van der Waals surface area contributed by atoms with Crippen molar-refractivity contribution in [3.05, 3.63) is 0 Å². The van der Waals surface area contributed by atoms with Gasteiger partial charge in [-0.1, -0.05) is 54.4 Å². The Morgan fingerprint density at radius 1 is 0.960 bits per heavy atom. The summed E-state index contributed by atoms with van der Waals surface area (Å²) >= 11 is 0. The van der Waals surface area contributed by atoms with Crippen LogP contribution in [0.4, 0.5) is 22.0 Å². The highest BCUT2D eigenvalue weighted by Gasteiger charge is 2.56. The number of hydrogen-bond donors (Lipinski definition) is 0. The summed E-state index contributed by atoms with van der Waals surface area (Å²) in [5.74, 6) is -5.72. The standard InChI is InChI=1S/C18H31F5O2/c1-7-15(3,4)12-13(16(5,6)8-2)14(24)25-11-9-10-17(19,20)18(21,22)23/h13H,7-12H2,1-6H3. The van der Waals surface area contributed by atoms with Crippen molar-refractivity contribution in [3.63, 3.8) is 0 Å². The monoisotopic (exact) mass is 374 g/mol. The van der Waals surface area contributed by atoms with Gasteiger partial charge in [-0.05, 0) is 23.7 Å². The van der Waals surface area contributed by atoms with Crippen molar-refractivity contribution >= 4 is 5.97 Å². The van der Waals surface area contributed by atoms with Crippen molar-refractivity contribution in [2.24, 2.45) is 16.7 Å². The average Bonchev–Trinajstić information content (AvgIpc) is 2.47. The van der Waals surface area contributed by atoms with Crippen LogP contribution >= 0.6 is 0 Å². The quantitative estimate of drug-likeness (QED) is 0.252. The lowest BCUT2D eigenvalue weighted by atomic mass is 9.68. The third-order valence-corrected chi connectivity index (χ3v) is 5.15. The molecule has 0 aromatic rings. The number of alkyl halides is 5. The third kappa shape index (κ3) is 7.48. The summed E-state index contributed by atoms with van der Waals surface area (Å²) in [5, 5.41) is 0. The molecule has 25 heavy (non-hydrogen) atoms. The molecule has 0 aromatic carbocycles. The van der Waals surface area contributed by atoms with E-state index < -0.39 is 43.4 Å². The van der Waals surface area contributed by atoms with Gasteiger partial charge in [0.25, 0.3) is 0 Å². The highest BCUT2D eigenvalue weighted by Crippen LogP contribution is 2.41. The van der Waals surface area contributed by atoms with Crippen LogP contribution in [0.5, 0.6) is 0 Å². The molecule has 2 nitrogen and oxygen atoms in total. The van der Waals surface area contributed by atoms with Crippen LogP contribution in [0.3, 0.4) is 0 Å². The minimum absolute atomic E-state index is 0.0978. The zero-order valence-electron chi connectivity index (χ0n) is 16.0. The van der Waals surface area contributed by atoms with Gasteiger partial charge in [0, 0.05) is 6.42 Å². The Balaban J connectivity index is 4.80. The number of carbonyl (C=O) groups excluding carboxylic acids is 1. The first-order chi connectivity index (χ1) is 11.1.